The summed E-state index contributed by atoms with van der Waals surface area (Å²) >= 11 is 0. The lowest BCUT2D eigenvalue weighted by Gasteiger charge is -1.98. The minimum atomic E-state index is -0.241. The number of hydrogen-bond donors (Lipinski definition) is 0. The Morgan fingerprint density at radius 3 is 0.593 bits per heavy atom. The van der Waals surface area contributed by atoms with Gasteiger partial charge in [-0.1, -0.05) is 16.7 Å². The summed E-state index contributed by atoms with van der Waals surface area (Å²) in [4.78, 5) is 32.0. The van der Waals surface area contributed by atoms with Crippen LogP contribution in [0.15, 0.2) is 33.4 Å². The van der Waals surface area contributed by atoms with Crippen LogP contribution in [-0.4, -0.2) is 39.2 Å². The summed E-state index contributed by atoms with van der Waals surface area (Å²) in [5.74, 6) is -0.722. The molecule has 0 fully saturated rings. The van der Waals surface area contributed by atoms with Gasteiger partial charge in [-0.15, -0.1) is 0 Å². The highest BCUT2D eigenvalue weighted by atomic mass is 16.5. The smallest absolute Gasteiger partial charge is 0.333 e. The Bertz CT molecular complexity index is 509. The number of carbonyl (C=O) groups excluding carboxylic acids is 3. The van der Waals surface area contributed by atoms with E-state index in [4.69, 9.17) is 0 Å². The van der Waals surface area contributed by atoms with E-state index in [0.29, 0.717) is 16.7 Å². The molecule has 0 bridgehead atoms. The van der Waals surface area contributed by atoms with Gasteiger partial charge in [0.05, 0.1) is 21.3 Å². The first kappa shape index (κ1) is 29.4. The van der Waals surface area contributed by atoms with Gasteiger partial charge in [0, 0.05) is 16.7 Å². The first-order chi connectivity index (χ1) is 12.3. The second-order valence-electron chi connectivity index (χ2n) is 6.35. The fourth-order valence-corrected chi connectivity index (χ4v) is 1.07. The van der Waals surface area contributed by atoms with Crippen molar-refractivity contribution in [3.8, 4) is 0 Å². The summed E-state index contributed by atoms with van der Waals surface area (Å²) in [5.41, 5.74) is 5.08. The molecule has 0 saturated carbocycles. The van der Waals surface area contributed by atoms with E-state index in [-0.39, 0.29) is 17.9 Å². The largest absolute Gasteiger partial charge is 0.466 e. The van der Waals surface area contributed by atoms with Crippen LogP contribution < -0.4 is 0 Å². The average Bonchev–Trinajstić information content (AvgIpc) is 2.64. The standard InChI is InChI=1S/3C7H12O2/c3*1-5(2)6(3)7(8)9-4/h3*1-4H3. The van der Waals surface area contributed by atoms with Crippen LogP contribution >= 0.6 is 0 Å². The summed E-state index contributed by atoms with van der Waals surface area (Å²) in [5, 5.41) is 0. The quantitative estimate of drug-likeness (QED) is 0.403. The summed E-state index contributed by atoms with van der Waals surface area (Å²) in [6, 6.07) is 0. The fraction of sp³-hybridized carbons (Fsp3) is 0.571. The zero-order valence-corrected chi connectivity index (χ0v) is 18.9. The van der Waals surface area contributed by atoms with E-state index < -0.39 is 0 Å². The normalized spacial score (nSPS) is 8.44. The predicted molar refractivity (Wildman–Crippen MR) is 108 cm³/mol. The zero-order chi connectivity index (χ0) is 22.3. The Balaban J connectivity index is -0.000000320. The summed E-state index contributed by atoms with van der Waals surface area (Å²) in [6.07, 6.45) is 0. The molecule has 0 atom stereocenters. The van der Waals surface area contributed by atoms with E-state index in [0.717, 1.165) is 16.7 Å². The Labute approximate surface area is 164 Å². The van der Waals surface area contributed by atoms with Gasteiger partial charge < -0.3 is 14.2 Å². The van der Waals surface area contributed by atoms with Crippen molar-refractivity contribution in [2.24, 2.45) is 0 Å². The van der Waals surface area contributed by atoms with Gasteiger partial charge in [0.1, 0.15) is 0 Å². The minimum absolute atomic E-state index is 0.241. The molecule has 0 amide bonds. The maximum Gasteiger partial charge on any atom is 0.333 e. The summed E-state index contributed by atoms with van der Waals surface area (Å²) in [7, 11) is 4.15. The number of allylic oxidation sites excluding steroid dienone is 3. The van der Waals surface area contributed by atoms with Gasteiger partial charge in [-0.3, -0.25) is 0 Å². The van der Waals surface area contributed by atoms with Crippen LogP contribution in [0.25, 0.3) is 0 Å². The molecule has 0 N–H and O–H groups in total. The van der Waals surface area contributed by atoms with Crippen LogP contribution in [0.2, 0.25) is 0 Å². The highest BCUT2D eigenvalue weighted by Gasteiger charge is 2.04. The fourth-order valence-electron chi connectivity index (χ4n) is 1.07. The SMILES string of the molecule is COC(=O)C(C)=C(C)C.COC(=O)C(C)=C(C)C.COC(=O)C(C)=C(C)C. The van der Waals surface area contributed by atoms with Gasteiger partial charge in [0.25, 0.3) is 0 Å². The number of ether oxygens (including phenoxy) is 3. The Morgan fingerprint density at radius 2 is 0.556 bits per heavy atom. The van der Waals surface area contributed by atoms with Gasteiger partial charge in [0.2, 0.25) is 0 Å². The van der Waals surface area contributed by atoms with Crippen LogP contribution in [0.5, 0.6) is 0 Å². The van der Waals surface area contributed by atoms with Crippen LogP contribution in [-0.2, 0) is 28.6 Å². The minimum Gasteiger partial charge on any atom is -0.466 e. The van der Waals surface area contributed by atoms with Crippen molar-refractivity contribution in [1.82, 2.24) is 0 Å². The van der Waals surface area contributed by atoms with Crippen molar-refractivity contribution in [3.63, 3.8) is 0 Å². The average molecular weight is 385 g/mol. The predicted octanol–water partition coefficient (Wildman–Crippen LogP) is 4.55. The first-order valence-electron chi connectivity index (χ1n) is 8.45. The molecular weight excluding hydrogens is 348 g/mol. The van der Waals surface area contributed by atoms with Gasteiger partial charge in [-0.05, 0) is 62.3 Å². The molecule has 0 radical (unpaired) electrons. The lowest BCUT2D eigenvalue weighted by molar-refractivity contribution is -0.136. The number of carbonyl (C=O) groups is 3. The zero-order valence-electron chi connectivity index (χ0n) is 18.9. The molecular formula is C21H36O6. The van der Waals surface area contributed by atoms with Crippen LogP contribution in [0.3, 0.4) is 0 Å². The van der Waals surface area contributed by atoms with Gasteiger partial charge in [-0.25, -0.2) is 14.4 Å². The summed E-state index contributed by atoms with van der Waals surface area (Å²) in [6.45, 7) is 16.5. The molecule has 0 aromatic rings. The molecule has 0 aliphatic carbocycles. The Kier molecular flexibility index (Phi) is 17.3. The van der Waals surface area contributed by atoms with Crippen molar-refractivity contribution in [1.29, 1.82) is 0 Å². The lowest BCUT2D eigenvalue weighted by Crippen LogP contribution is -2.02. The number of hydrogen-bond acceptors (Lipinski definition) is 6. The van der Waals surface area contributed by atoms with Crippen LogP contribution in [0.1, 0.15) is 62.3 Å². The van der Waals surface area contributed by atoms with Gasteiger partial charge in [-0.2, -0.15) is 0 Å². The maximum atomic E-state index is 10.7. The highest BCUT2D eigenvalue weighted by molar-refractivity contribution is 5.89. The van der Waals surface area contributed by atoms with Crippen molar-refractivity contribution in [2.75, 3.05) is 21.3 Å². The number of rotatable bonds is 3. The highest BCUT2D eigenvalue weighted by Crippen LogP contribution is 2.03. The third-order valence-corrected chi connectivity index (χ3v) is 3.72. The third kappa shape index (κ3) is 14.5. The molecule has 0 spiro atoms. The Hall–Kier alpha value is -2.37. The van der Waals surface area contributed by atoms with E-state index in [9.17, 15) is 14.4 Å². The van der Waals surface area contributed by atoms with E-state index in [1.54, 1.807) is 20.8 Å². The summed E-state index contributed by atoms with van der Waals surface area (Å²) < 4.78 is 13.4. The van der Waals surface area contributed by atoms with Crippen molar-refractivity contribution in [3.05, 3.63) is 33.4 Å². The van der Waals surface area contributed by atoms with E-state index in [2.05, 4.69) is 14.2 Å². The second kappa shape index (κ2) is 15.9. The van der Waals surface area contributed by atoms with E-state index >= 15 is 0 Å². The van der Waals surface area contributed by atoms with Crippen molar-refractivity contribution >= 4 is 17.9 Å². The molecule has 0 rings (SSSR count). The molecule has 0 aliphatic heterocycles. The van der Waals surface area contributed by atoms with Gasteiger partial charge in [0.15, 0.2) is 0 Å². The molecule has 0 aliphatic rings. The van der Waals surface area contributed by atoms with E-state index in [1.807, 2.05) is 41.5 Å². The van der Waals surface area contributed by atoms with Gasteiger partial charge >= 0.3 is 17.9 Å². The molecule has 0 unspecified atom stereocenters. The number of methoxy groups -OCH3 is 3. The molecule has 156 valence electrons. The maximum absolute atomic E-state index is 10.7. The van der Waals surface area contributed by atoms with Crippen molar-refractivity contribution in [2.45, 2.75) is 62.3 Å². The van der Waals surface area contributed by atoms with Crippen LogP contribution in [0, 0.1) is 0 Å². The molecule has 0 heterocycles. The lowest BCUT2D eigenvalue weighted by atomic mass is 10.2. The monoisotopic (exact) mass is 384 g/mol. The molecule has 27 heavy (non-hydrogen) atoms. The van der Waals surface area contributed by atoms with E-state index in [1.165, 1.54) is 21.3 Å². The molecule has 0 aromatic heterocycles. The second-order valence-corrected chi connectivity index (χ2v) is 6.35. The number of esters is 3. The molecule has 6 nitrogen and oxygen atoms in total. The molecule has 6 heteroatoms. The van der Waals surface area contributed by atoms with Crippen LogP contribution in [0.4, 0.5) is 0 Å². The molecule has 0 aromatic carbocycles. The first-order valence-corrected chi connectivity index (χ1v) is 8.45. The van der Waals surface area contributed by atoms with Crippen molar-refractivity contribution < 1.29 is 28.6 Å². The molecule has 0 saturated heterocycles. The third-order valence-electron chi connectivity index (χ3n) is 3.72. The Morgan fingerprint density at radius 1 is 0.407 bits per heavy atom. The topological polar surface area (TPSA) is 78.9 Å².